The summed E-state index contributed by atoms with van der Waals surface area (Å²) in [5, 5.41) is 0. The molecular weight excluding hydrogens is 380 g/mol. The fourth-order valence-corrected chi connectivity index (χ4v) is 3.07. The van der Waals surface area contributed by atoms with Gasteiger partial charge in [-0.15, -0.1) is 0 Å². The van der Waals surface area contributed by atoms with Crippen molar-refractivity contribution < 1.29 is 14.3 Å². The van der Waals surface area contributed by atoms with E-state index in [1.807, 2.05) is 66.2 Å². The van der Waals surface area contributed by atoms with Gasteiger partial charge in [0.15, 0.2) is 0 Å². The van der Waals surface area contributed by atoms with E-state index in [0.29, 0.717) is 22.9 Å². The Bertz CT molecular complexity index is 1200. The molecule has 2 amide bonds. The summed E-state index contributed by atoms with van der Waals surface area (Å²) in [6.45, 7) is 0. The number of hydrazine groups is 1. The van der Waals surface area contributed by atoms with Crippen molar-refractivity contribution in [2.24, 2.45) is 7.05 Å². The number of aromatic nitrogens is 2. The lowest BCUT2D eigenvalue weighted by atomic mass is 10.2. The van der Waals surface area contributed by atoms with E-state index in [1.54, 1.807) is 24.3 Å². The molecule has 4 rings (SSSR count). The minimum Gasteiger partial charge on any atom is -0.457 e. The van der Waals surface area contributed by atoms with Crippen LogP contribution in [-0.2, 0) is 18.3 Å². The van der Waals surface area contributed by atoms with Gasteiger partial charge in [-0.3, -0.25) is 20.4 Å². The second kappa shape index (κ2) is 8.48. The Kier molecular flexibility index (Phi) is 5.43. The number of aryl methyl sites for hydroxylation is 1. The van der Waals surface area contributed by atoms with Crippen molar-refractivity contribution in [1.82, 2.24) is 20.4 Å². The van der Waals surface area contributed by atoms with Crippen LogP contribution >= 0.6 is 0 Å². The molecule has 0 bridgehead atoms. The standard InChI is InChI=1S/C23H20N4O3/c1-27-20-13-6-5-12-19(20)24-21(27)15-22(28)25-26-23(29)16-8-7-11-18(14-16)30-17-9-3-2-4-10-17/h2-14H,15H2,1H3,(H,25,28)(H,26,29). The fourth-order valence-electron chi connectivity index (χ4n) is 3.07. The SMILES string of the molecule is Cn1c(CC(=O)NNC(=O)c2cccc(Oc3ccccc3)c2)nc2ccccc21. The number of amides is 2. The number of rotatable bonds is 5. The van der Waals surface area contributed by atoms with Crippen LogP contribution in [0.1, 0.15) is 16.2 Å². The van der Waals surface area contributed by atoms with Crippen LogP contribution in [0.15, 0.2) is 78.9 Å². The van der Waals surface area contributed by atoms with Gasteiger partial charge in [-0.05, 0) is 42.5 Å². The summed E-state index contributed by atoms with van der Waals surface area (Å²) >= 11 is 0. The molecule has 0 aliphatic carbocycles. The van der Waals surface area contributed by atoms with Crippen LogP contribution in [0.3, 0.4) is 0 Å². The number of para-hydroxylation sites is 3. The quantitative estimate of drug-likeness (QED) is 0.503. The number of nitrogens with zero attached hydrogens (tertiary/aromatic N) is 2. The zero-order chi connectivity index (χ0) is 20.9. The van der Waals surface area contributed by atoms with Crippen molar-refractivity contribution in [3.63, 3.8) is 0 Å². The normalized spacial score (nSPS) is 10.6. The molecular formula is C23H20N4O3. The third kappa shape index (κ3) is 4.30. The van der Waals surface area contributed by atoms with Crippen LogP contribution in [0.5, 0.6) is 11.5 Å². The van der Waals surface area contributed by atoms with E-state index < -0.39 is 5.91 Å². The minimum atomic E-state index is -0.438. The second-order valence-electron chi connectivity index (χ2n) is 6.70. The highest BCUT2D eigenvalue weighted by Gasteiger charge is 2.13. The Morgan fingerprint density at radius 1 is 0.900 bits per heavy atom. The van der Waals surface area contributed by atoms with Gasteiger partial charge in [0.2, 0.25) is 5.91 Å². The summed E-state index contributed by atoms with van der Waals surface area (Å²) in [5.41, 5.74) is 7.00. The van der Waals surface area contributed by atoms with E-state index in [9.17, 15) is 9.59 Å². The molecule has 7 heteroatoms. The van der Waals surface area contributed by atoms with Gasteiger partial charge in [-0.25, -0.2) is 4.98 Å². The van der Waals surface area contributed by atoms with Gasteiger partial charge in [-0.2, -0.15) is 0 Å². The van der Waals surface area contributed by atoms with Crippen molar-refractivity contribution in [1.29, 1.82) is 0 Å². The van der Waals surface area contributed by atoms with E-state index in [0.717, 1.165) is 11.0 Å². The smallest absolute Gasteiger partial charge is 0.269 e. The number of fused-ring (bicyclic) bond motifs is 1. The molecule has 0 aliphatic heterocycles. The molecule has 0 fully saturated rings. The molecule has 3 aromatic carbocycles. The number of ether oxygens (including phenoxy) is 1. The van der Waals surface area contributed by atoms with E-state index >= 15 is 0 Å². The van der Waals surface area contributed by atoms with Gasteiger partial charge in [0.1, 0.15) is 17.3 Å². The van der Waals surface area contributed by atoms with Crippen molar-refractivity contribution in [3.05, 3.63) is 90.3 Å². The Morgan fingerprint density at radius 3 is 2.43 bits per heavy atom. The molecule has 0 saturated carbocycles. The highest BCUT2D eigenvalue weighted by atomic mass is 16.5. The van der Waals surface area contributed by atoms with Crippen LogP contribution in [0.2, 0.25) is 0 Å². The Hall–Kier alpha value is -4.13. The number of benzene rings is 3. The van der Waals surface area contributed by atoms with Crippen LogP contribution in [0.25, 0.3) is 11.0 Å². The molecule has 0 radical (unpaired) electrons. The first-order chi connectivity index (χ1) is 14.6. The molecule has 4 aromatic rings. The summed E-state index contributed by atoms with van der Waals surface area (Å²) in [7, 11) is 1.86. The maximum Gasteiger partial charge on any atom is 0.269 e. The zero-order valence-corrected chi connectivity index (χ0v) is 16.3. The van der Waals surface area contributed by atoms with Crippen molar-refractivity contribution in [2.75, 3.05) is 0 Å². The van der Waals surface area contributed by atoms with E-state index in [2.05, 4.69) is 15.8 Å². The summed E-state index contributed by atoms with van der Waals surface area (Å²) in [4.78, 5) is 29.2. The highest BCUT2D eigenvalue weighted by molar-refractivity contribution is 5.95. The number of hydrogen-bond donors (Lipinski definition) is 2. The predicted molar refractivity (Wildman–Crippen MR) is 113 cm³/mol. The highest BCUT2D eigenvalue weighted by Crippen LogP contribution is 2.21. The molecule has 0 saturated heterocycles. The maximum absolute atomic E-state index is 12.4. The number of carbonyl (C=O) groups excluding carboxylic acids is 2. The van der Waals surface area contributed by atoms with Crippen molar-refractivity contribution in [2.45, 2.75) is 6.42 Å². The monoisotopic (exact) mass is 400 g/mol. The Labute approximate surface area is 173 Å². The van der Waals surface area contributed by atoms with Crippen molar-refractivity contribution >= 4 is 22.8 Å². The zero-order valence-electron chi connectivity index (χ0n) is 16.3. The number of carbonyl (C=O) groups is 2. The van der Waals surface area contributed by atoms with Gasteiger partial charge in [0.25, 0.3) is 5.91 Å². The summed E-state index contributed by atoms with van der Waals surface area (Å²) in [6, 6.07) is 23.7. The van der Waals surface area contributed by atoms with E-state index in [4.69, 9.17) is 4.74 Å². The lowest BCUT2D eigenvalue weighted by Gasteiger charge is -2.09. The van der Waals surface area contributed by atoms with Crippen LogP contribution < -0.4 is 15.6 Å². The summed E-state index contributed by atoms with van der Waals surface area (Å²) in [6.07, 6.45) is 0.0443. The average molecular weight is 400 g/mol. The maximum atomic E-state index is 12.4. The second-order valence-corrected chi connectivity index (χ2v) is 6.70. The van der Waals surface area contributed by atoms with E-state index in [1.165, 1.54) is 0 Å². The number of nitrogens with one attached hydrogen (secondary N) is 2. The predicted octanol–water partition coefficient (Wildman–Crippen LogP) is 3.37. The fraction of sp³-hybridized carbons (Fsp3) is 0.0870. The molecule has 0 unspecified atom stereocenters. The van der Waals surface area contributed by atoms with Crippen molar-refractivity contribution in [3.8, 4) is 11.5 Å². The molecule has 0 atom stereocenters. The van der Waals surface area contributed by atoms with Gasteiger partial charge in [0.05, 0.1) is 17.5 Å². The third-order valence-corrected chi connectivity index (χ3v) is 4.59. The molecule has 0 aliphatic rings. The Balaban J connectivity index is 1.36. The topological polar surface area (TPSA) is 85.2 Å². The third-order valence-electron chi connectivity index (χ3n) is 4.59. The van der Waals surface area contributed by atoms with Gasteiger partial charge >= 0.3 is 0 Å². The lowest BCUT2D eigenvalue weighted by molar-refractivity contribution is -0.121. The minimum absolute atomic E-state index is 0.0443. The first-order valence-electron chi connectivity index (χ1n) is 9.42. The average Bonchev–Trinajstić information content (AvgIpc) is 3.08. The van der Waals surface area contributed by atoms with E-state index in [-0.39, 0.29) is 12.3 Å². The number of imidazole rings is 1. The number of hydrogen-bond acceptors (Lipinski definition) is 4. The summed E-state index contributed by atoms with van der Waals surface area (Å²) < 4.78 is 7.60. The molecule has 1 heterocycles. The molecule has 7 nitrogen and oxygen atoms in total. The van der Waals surface area contributed by atoms with Gasteiger partial charge in [-0.1, -0.05) is 36.4 Å². The molecule has 150 valence electrons. The van der Waals surface area contributed by atoms with Crippen LogP contribution in [-0.4, -0.2) is 21.4 Å². The molecule has 30 heavy (non-hydrogen) atoms. The van der Waals surface area contributed by atoms with Gasteiger partial charge in [0, 0.05) is 12.6 Å². The van der Waals surface area contributed by atoms with Crippen LogP contribution in [0, 0.1) is 0 Å². The Morgan fingerprint density at radius 2 is 1.63 bits per heavy atom. The lowest BCUT2D eigenvalue weighted by Crippen LogP contribution is -2.42. The van der Waals surface area contributed by atoms with Gasteiger partial charge < -0.3 is 9.30 Å². The first kappa shape index (κ1) is 19.2. The molecule has 1 aromatic heterocycles. The summed E-state index contributed by atoms with van der Waals surface area (Å²) in [5.74, 6) is 1.01. The molecule has 0 spiro atoms. The largest absolute Gasteiger partial charge is 0.457 e. The first-order valence-corrected chi connectivity index (χ1v) is 9.42. The van der Waals surface area contributed by atoms with Crippen LogP contribution in [0.4, 0.5) is 0 Å². The molecule has 2 N–H and O–H groups in total.